The molecule has 0 aliphatic carbocycles. The van der Waals surface area contributed by atoms with E-state index in [0.29, 0.717) is 23.6 Å². The molecule has 140 valence electrons. The largest absolute Gasteiger partial charge is 0.496 e. The smallest absolute Gasteiger partial charge is 0.244 e. The Balaban J connectivity index is 0.00000243. The Morgan fingerprint density at radius 1 is 1.15 bits per heavy atom. The SMILES string of the molecule is COc1ccc(OC)c2c1CN(C(=O)C(N)c1ccccc1)CC2O.Cl. The molecule has 1 amide bonds. The van der Waals surface area contributed by atoms with Gasteiger partial charge in [-0.15, -0.1) is 12.4 Å². The van der Waals surface area contributed by atoms with Gasteiger partial charge in [0.1, 0.15) is 23.6 Å². The van der Waals surface area contributed by atoms with E-state index in [1.807, 2.05) is 30.3 Å². The van der Waals surface area contributed by atoms with Crippen LogP contribution in [0.15, 0.2) is 42.5 Å². The number of rotatable bonds is 4. The summed E-state index contributed by atoms with van der Waals surface area (Å²) in [6.07, 6.45) is -0.860. The monoisotopic (exact) mass is 378 g/mol. The number of halogens is 1. The molecule has 1 aliphatic rings. The average molecular weight is 379 g/mol. The van der Waals surface area contributed by atoms with E-state index in [0.717, 1.165) is 11.1 Å². The molecule has 0 spiro atoms. The number of methoxy groups -OCH3 is 2. The molecule has 3 N–H and O–H groups in total. The summed E-state index contributed by atoms with van der Waals surface area (Å²) in [5.74, 6) is 0.962. The van der Waals surface area contributed by atoms with Crippen molar-refractivity contribution < 1.29 is 19.4 Å². The van der Waals surface area contributed by atoms with Crippen LogP contribution in [0.1, 0.15) is 28.8 Å². The van der Waals surface area contributed by atoms with Crippen LogP contribution >= 0.6 is 12.4 Å². The molecule has 0 bridgehead atoms. The second-order valence-corrected chi connectivity index (χ2v) is 5.99. The van der Waals surface area contributed by atoms with Gasteiger partial charge in [0, 0.05) is 17.7 Å². The Morgan fingerprint density at radius 2 is 1.77 bits per heavy atom. The second kappa shape index (κ2) is 8.40. The predicted molar refractivity (Wildman–Crippen MR) is 101 cm³/mol. The maximum absolute atomic E-state index is 12.8. The molecule has 0 fully saturated rings. The van der Waals surface area contributed by atoms with Crippen LogP contribution in [0, 0.1) is 0 Å². The lowest BCUT2D eigenvalue weighted by Crippen LogP contribution is -2.43. The average Bonchev–Trinajstić information content (AvgIpc) is 2.66. The number of amides is 1. The quantitative estimate of drug-likeness (QED) is 0.852. The van der Waals surface area contributed by atoms with Gasteiger partial charge in [-0.3, -0.25) is 4.79 Å². The van der Waals surface area contributed by atoms with E-state index in [1.54, 1.807) is 31.3 Å². The van der Waals surface area contributed by atoms with Crippen molar-refractivity contribution in [1.82, 2.24) is 4.90 Å². The molecule has 3 rings (SSSR count). The van der Waals surface area contributed by atoms with Gasteiger partial charge in [-0.25, -0.2) is 0 Å². The molecule has 1 aliphatic heterocycles. The molecule has 0 saturated carbocycles. The number of aliphatic hydroxyl groups is 1. The number of aliphatic hydroxyl groups excluding tert-OH is 1. The zero-order valence-corrected chi connectivity index (χ0v) is 15.5. The van der Waals surface area contributed by atoms with Crippen LogP contribution in [-0.2, 0) is 11.3 Å². The summed E-state index contributed by atoms with van der Waals surface area (Å²) in [4.78, 5) is 14.4. The third kappa shape index (κ3) is 3.62. The van der Waals surface area contributed by atoms with Crippen molar-refractivity contribution in [2.75, 3.05) is 20.8 Å². The highest BCUT2D eigenvalue weighted by atomic mass is 35.5. The van der Waals surface area contributed by atoms with Crippen LogP contribution in [0.3, 0.4) is 0 Å². The molecule has 7 heteroatoms. The van der Waals surface area contributed by atoms with Crippen molar-refractivity contribution >= 4 is 18.3 Å². The lowest BCUT2D eigenvalue weighted by atomic mass is 9.94. The molecule has 26 heavy (non-hydrogen) atoms. The van der Waals surface area contributed by atoms with Gasteiger partial charge in [0.15, 0.2) is 0 Å². The van der Waals surface area contributed by atoms with E-state index in [4.69, 9.17) is 15.2 Å². The van der Waals surface area contributed by atoms with E-state index in [1.165, 1.54) is 0 Å². The Kier molecular flexibility index (Phi) is 6.47. The lowest BCUT2D eigenvalue weighted by Gasteiger charge is -2.35. The topological polar surface area (TPSA) is 85.0 Å². The van der Waals surface area contributed by atoms with Gasteiger partial charge in [0.2, 0.25) is 5.91 Å². The number of nitrogens with two attached hydrogens (primary N) is 1. The standard InChI is InChI=1S/C19H22N2O4.ClH/c1-24-15-8-9-16(25-2)17-13(15)10-21(11-14(17)22)19(23)18(20)12-6-4-3-5-7-12;/h3-9,14,18,22H,10-11,20H2,1-2H3;1H. The maximum atomic E-state index is 12.8. The van der Waals surface area contributed by atoms with Crippen LogP contribution in [-0.4, -0.2) is 36.7 Å². The molecule has 1 heterocycles. The first-order chi connectivity index (χ1) is 12.1. The fourth-order valence-electron chi connectivity index (χ4n) is 3.24. The summed E-state index contributed by atoms with van der Waals surface area (Å²) < 4.78 is 10.7. The summed E-state index contributed by atoms with van der Waals surface area (Å²) in [5.41, 5.74) is 8.28. The van der Waals surface area contributed by atoms with Crippen molar-refractivity contribution in [2.24, 2.45) is 5.73 Å². The number of β-amino-alcohol motifs (C(OH)–C–C–N with tert-alkyl or cyclic N) is 1. The van der Waals surface area contributed by atoms with E-state index < -0.39 is 12.1 Å². The minimum absolute atomic E-state index is 0. The summed E-state index contributed by atoms with van der Waals surface area (Å²) >= 11 is 0. The van der Waals surface area contributed by atoms with Crippen LogP contribution in [0.25, 0.3) is 0 Å². The molecular formula is C19H23ClN2O4. The third-order valence-electron chi connectivity index (χ3n) is 4.53. The first kappa shape index (κ1) is 20.0. The minimum atomic E-state index is -0.860. The second-order valence-electron chi connectivity index (χ2n) is 5.99. The summed E-state index contributed by atoms with van der Waals surface area (Å²) in [6.45, 7) is 0.474. The number of hydrogen-bond acceptors (Lipinski definition) is 5. The molecule has 0 radical (unpaired) electrons. The fraction of sp³-hybridized carbons (Fsp3) is 0.316. The number of fused-ring (bicyclic) bond motifs is 1. The molecular weight excluding hydrogens is 356 g/mol. The molecule has 2 unspecified atom stereocenters. The van der Waals surface area contributed by atoms with Gasteiger partial charge in [0.05, 0.1) is 20.8 Å². The van der Waals surface area contributed by atoms with Crippen molar-refractivity contribution in [1.29, 1.82) is 0 Å². The lowest BCUT2D eigenvalue weighted by molar-refractivity contribution is -0.135. The van der Waals surface area contributed by atoms with Crippen molar-refractivity contribution in [2.45, 2.75) is 18.7 Å². The van der Waals surface area contributed by atoms with Gasteiger partial charge in [-0.2, -0.15) is 0 Å². The van der Waals surface area contributed by atoms with Gasteiger partial charge in [-0.05, 0) is 17.7 Å². The number of nitrogens with zero attached hydrogens (tertiary/aromatic N) is 1. The van der Waals surface area contributed by atoms with Crippen LogP contribution in [0.5, 0.6) is 11.5 Å². The predicted octanol–water partition coefficient (Wildman–Crippen LogP) is 2.20. The zero-order chi connectivity index (χ0) is 18.0. The molecule has 2 aromatic carbocycles. The minimum Gasteiger partial charge on any atom is -0.496 e. The number of hydrogen-bond donors (Lipinski definition) is 2. The van der Waals surface area contributed by atoms with E-state index in [9.17, 15) is 9.90 Å². The van der Waals surface area contributed by atoms with Crippen molar-refractivity contribution in [3.63, 3.8) is 0 Å². The van der Waals surface area contributed by atoms with E-state index in [2.05, 4.69) is 0 Å². The fourth-order valence-corrected chi connectivity index (χ4v) is 3.24. The van der Waals surface area contributed by atoms with Gasteiger partial charge < -0.3 is 25.2 Å². The normalized spacial score (nSPS) is 16.9. The maximum Gasteiger partial charge on any atom is 0.244 e. The number of benzene rings is 2. The molecule has 6 nitrogen and oxygen atoms in total. The highest BCUT2D eigenvalue weighted by Gasteiger charge is 2.33. The molecule has 0 aromatic heterocycles. The third-order valence-corrected chi connectivity index (χ3v) is 4.53. The first-order valence-electron chi connectivity index (χ1n) is 8.08. The molecule has 0 saturated heterocycles. The summed E-state index contributed by atoms with van der Waals surface area (Å²) in [6, 6.07) is 12.0. The Hall–Kier alpha value is -2.28. The number of ether oxygens (including phenoxy) is 2. The van der Waals surface area contributed by atoms with Crippen LogP contribution < -0.4 is 15.2 Å². The molecule has 2 atom stereocenters. The van der Waals surface area contributed by atoms with Gasteiger partial charge >= 0.3 is 0 Å². The van der Waals surface area contributed by atoms with E-state index in [-0.39, 0.29) is 24.9 Å². The van der Waals surface area contributed by atoms with Crippen molar-refractivity contribution in [3.05, 3.63) is 59.2 Å². The van der Waals surface area contributed by atoms with E-state index >= 15 is 0 Å². The van der Waals surface area contributed by atoms with Crippen molar-refractivity contribution in [3.8, 4) is 11.5 Å². The Morgan fingerprint density at radius 3 is 2.38 bits per heavy atom. The van der Waals surface area contributed by atoms with Crippen LogP contribution in [0.2, 0.25) is 0 Å². The molecule has 2 aromatic rings. The number of carbonyl (C=O) groups excluding carboxylic acids is 1. The highest BCUT2D eigenvalue weighted by molar-refractivity contribution is 5.85. The summed E-state index contributed by atoms with van der Waals surface area (Å²) in [7, 11) is 3.11. The van der Waals surface area contributed by atoms with Gasteiger partial charge in [0.25, 0.3) is 0 Å². The number of carbonyl (C=O) groups is 1. The zero-order valence-electron chi connectivity index (χ0n) is 14.7. The van der Waals surface area contributed by atoms with Gasteiger partial charge in [-0.1, -0.05) is 30.3 Å². The summed E-state index contributed by atoms with van der Waals surface area (Å²) in [5, 5.41) is 10.6. The highest BCUT2D eigenvalue weighted by Crippen LogP contribution is 2.39. The Labute approximate surface area is 158 Å². The van der Waals surface area contributed by atoms with Crippen LogP contribution in [0.4, 0.5) is 0 Å². The Bertz CT molecular complexity index is 770. The first-order valence-corrected chi connectivity index (χ1v) is 8.08.